The predicted molar refractivity (Wildman–Crippen MR) is 149 cm³/mol. The van der Waals surface area contributed by atoms with Gasteiger partial charge in [-0.15, -0.1) is 0 Å². The van der Waals surface area contributed by atoms with Crippen molar-refractivity contribution in [3.63, 3.8) is 0 Å². The van der Waals surface area contributed by atoms with Crippen LogP contribution in [0.2, 0.25) is 0 Å². The quantitative estimate of drug-likeness (QED) is 0.157. The van der Waals surface area contributed by atoms with Crippen molar-refractivity contribution in [2.75, 3.05) is 13.2 Å². The van der Waals surface area contributed by atoms with Crippen molar-refractivity contribution in [2.24, 2.45) is 0 Å². The maximum absolute atomic E-state index is 13.4. The van der Waals surface area contributed by atoms with Gasteiger partial charge in [0.25, 0.3) is 0 Å². The van der Waals surface area contributed by atoms with Crippen molar-refractivity contribution in [1.82, 2.24) is 9.55 Å². The van der Waals surface area contributed by atoms with Crippen LogP contribution in [0.25, 0.3) is 33.9 Å². The molecule has 0 radical (unpaired) electrons. The Morgan fingerprint density at radius 3 is 2.27 bits per heavy atom. The number of alkyl halides is 3. The molecule has 0 fully saturated rings. The van der Waals surface area contributed by atoms with E-state index >= 15 is 0 Å². The molecule has 7 nitrogen and oxygen atoms in total. The summed E-state index contributed by atoms with van der Waals surface area (Å²) < 4.78 is 57.1. The smallest absolute Gasteiger partial charge is 0.417 e. The van der Waals surface area contributed by atoms with Gasteiger partial charge in [-0.2, -0.15) is 13.2 Å². The highest BCUT2D eigenvalue weighted by Crippen LogP contribution is 2.36. The number of aromatic nitrogens is 2. The Hall–Kier alpha value is -4.60. The Labute approximate surface area is 235 Å². The number of fused-ring (bicyclic) bond motifs is 1. The summed E-state index contributed by atoms with van der Waals surface area (Å²) in [5, 5.41) is 0.551. The van der Waals surface area contributed by atoms with Crippen LogP contribution in [-0.4, -0.2) is 40.8 Å². The molecule has 0 aliphatic rings. The van der Waals surface area contributed by atoms with Crippen LogP contribution in [-0.2, 0) is 20.4 Å². The summed E-state index contributed by atoms with van der Waals surface area (Å²) in [6.45, 7) is 7.48. The lowest BCUT2D eigenvalue weighted by atomic mass is 10.0. The molecule has 0 aliphatic carbocycles. The van der Waals surface area contributed by atoms with Crippen LogP contribution >= 0.6 is 0 Å². The van der Waals surface area contributed by atoms with Crippen LogP contribution in [0.5, 0.6) is 5.75 Å². The van der Waals surface area contributed by atoms with Crippen molar-refractivity contribution in [3.8, 4) is 22.7 Å². The molecular formula is C31H29F3N2O5. The van der Waals surface area contributed by atoms with Gasteiger partial charge in [-0.1, -0.05) is 6.07 Å². The second-order valence-electron chi connectivity index (χ2n) is 9.23. The molecule has 4 aromatic rings. The molecule has 41 heavy (non-hydrogen) atoms. The Balaban J connectivity index is 1.96. The van der Waals surface area contributed by atoms with Gasteiger partial charge in [0.2, 0.25) is 0 Å². The zero-order valence-electron chi connectivity index (χ0n) is 23.0. The summed E-state index contributed by atoms with van der Waals surface area (Å²) in [5.41, 5.74) is 1.74. The standard InChI is InChI=1S/C31H29F3N2O5/c1-5-39-28(37)16-13-24-25-17-20(26-14-8-21(18-35-26)31(32,33)34)7-15-27(25)36(29(24)30(38)40-6-2)22-9-11-23(12-10-22)41-19(3)4/h7-19H,5-6H2,1-4H3/b16-13+. The highest BCUT2D eigenvalue weighted by molar-refractivity contribution is 6.06. The minimum Gasteiger partial charge on any atom is -0.491 e. The molecule has 2 heterocycles. The number of hydrogen-bond acceptors (Lipinski definition) is 6. The Kier molecular flexibility index (Phi) is 8.80. The van der Waals surface area contributed by atoms with Crippen LogP contribution in [0.1, 0.15) is 49.3 Å². The summed E-state index contributed by atoms with van der Waals surface area (Å²) in [7, 11) is 0. The topological polar surface area (TPSA) is 79.7 Å². The fourth-order valence-electron chi connectivity index (χ4n) is 4.33. The lowest BCUT2D eigenvalue weighted by Crippen LogP contribution is -2.12. The van der Waals surface area contributed by atoms with Gasteiger partial charge in [0, 0.05) is 34.5 Å². The second kappa shape index (κ2) is 12.3. The number of pyridine rings is 1. The third-order valence-electron chi connectivity index (χ3n) is 6.00. The maximum Gasteiger partial charge on any atom is 0.417 e. The largest absolute Gasteiger partial charge is 0.491 e. The molecule has 0 atom stereocenters. The van der Waals surface area contributed by atoms with E-state index in [0.29, 0.717) is 39.2 Å². The Morgan fingerprint density at radius 1 is 0.976 bits per heavy atom. The van der Waals surface area contributed by atoms with E-state index in [1.165, 1.54) is 18.2 Å². The van der Waals surface area contributed by atoms with E-state index in [9.17, 15) is 22.8 Å². The summed E-state index contributed by atoms with van der Waals surface area (Å²) in [6, 6.07) is 14.6. The van der Waals surface area contributed by atoms with Gasteiger partial charge >= 0.3 is 18.1 Å². The summed E-state index contributed by atoms with van der Waals surface area (Å²) >= 11 is 0. The molecule has 2 aromatic heterocycles. The van der Waals surface area contributed by atoms with Crippen LogP contribution in [0.3, 0.4) is 0 Å². The first-order chi connectivity index (χ1) is 19.5. The molecule has 0 aliphatic heterocycles. The zero-order valence-corrected chi connectivity index (χ0v) is 23.0. The monoisotopic (exact) mass is 566 g/mol. The number of halogens is 3. The second-order valence-corrected chi connectivity index (χ2v) is 9.23. The van der Waals surface area contributed by atoms with Crippen LogP contribution in [0, 0.1) is 0 Å². The third-order valence-corrected chi connectivity index (χ3v) is 6.00. The van der Waals surface area contributed by atoms with Crippen molar-refractivity contribution in [1.29, 1.82) is 0 Å². The number of benzene rings is 2. The first-order valence-corrected chi connectivity index (χ1v) is 13.0. The Bertz CT molecular complexity index is 1570. The highest BCUT2D eigenvalue weighted by atomic mass is 19.4. The number of hydrogen-bond donors (Lipinski definition) is 0. The lowest BCUT2D eigenvalue weighted by molar-refractivity contribution is -0.138. The number of esters is 2. The fraction of sp³-hybridized carbons (Fsp3) is 0.258. The van der Waals surface area contributed by atoms with E-state index in [1.54, 1.807) is 60.9 Å². The van der Waals surface area contributed by atoms with Crippen molar-refractivity contribution < 1.29 is 37.0 Å². The number of carbonyl (C=O) groups excluding carboxylic acids is 2. The van der Waals surface area contributed by atoms with E-state index in [-0.39, 0.29) is 25.0 Å². The molecule has 2 aromatic carbocycles. The average molecular weight is 567 g/mol. The first kappa shape index (κ1) is 29.4. The van der Waals surface area contributed by atoms with Gasteiger partial charge in [-0.05, 0) is 82.3 Å². The molecular weight excluding hydrogens is 537 g/mol. The summed E-state index contributed by atoms with van der Waals surface area (Å²) in [6.07, 6.45) is -1.07. The molecule has 0 bridgehead atoms. The molecule has 0 saturated heterocycles. The normalized spacial score (nSPS) is 11.8. The lowest BCUT2D eigenvalue weighted by Gasteiger charge is -2.13. The summed E-state index contributed by atoms with van der Waals surface area (Å²) in [4.78, 5) is 29.6. The zero-order chi connectivity index (χ0) is 29.7. The minimum absolute atomic E-state index is 0.0276. The first-order valence-electron chi connectivity index (χ1n) is 13.0. The molecule has 0 N–H and O–H groups in total. The van der Waals surface area contributed by atoms with Gasteiger partial charge in [-0.3, -0.25) is 4.98 Å². The van der Waals surface area contributed by atoms with Crippen LogP contribution in [0.15, 0.2) is 66.9 Å². The van der Waals surface area contributed by atoms with Gasteiger partial charge in [-0.25, -0.2) is 9.59 Å². The number of ether oxygens (including phenoxy) is 3. The van der Waals surface area contributed by atoms with Gasteiger partial charge in [0.15, 0.2) is 0 Å². The van der Waals surface area contributed by atoms with E-state index in [1.807, 2.05) is 13.8 Å². The molecule has 0 saturated carbocycles. The van der Waals surface area contributed by atoms with Crippen LogP contribution < -0.4 is 4.74 Å². The molecule has 10 heteroatoms. The van der Waals surface area contributed by atoms with E-state index in [4.69, 9.17) is 14.2 Å². The molecule has 0 unspecified atom stereocenters. The molecule has 214 valence electrons. The Morgan fingerprint density at radius 2 is 1.68 bits per heavy atom. The minimum atomic E-state index is -4.51. The van der Waals surface area contributed by atoms with Gasteiger partial charge in [0.1, 0.15) is 11.4 Å². The molecule has 4 rings (SSSR count). The average Bonchev–Trinajstić information content (AvgIpc) is 3.25. The van der Waals surface area contributed by atoms with Crippen molar-refractivity contribution in [2.45, 2.75) is 40.0 Å². The number of rotatable bonds is 9. The predicted octanol–water partition coefficient (Wildman–Crippen LogP) is 7.25. The molecule has 0 amide bonds. The maximum atomic E-state index is 13.4. The van der Waals surface area contributed by atoms with Gasteiger partial charge in [0.05, 0.1) is 36.1 Å². The fourth-order valence-corrected chi connectivity index (χ4v) is 4.33. The van der Waals surface area contributed by atoms with Crippen molar-refractivity contribution in [3.05, 3.63) is 83.7 Å². The number of carbonyl (C=O) groups is 2. The van der Waals surface area contributed by atoms with Gasteiger partial charge < -0.3 is 18.8 Å². The van der Waals surface area contributed by atoms with E-state index < -0.39 is 23.7 Å². The van der Waals surface area contributed by atoms with Crippen molar-refractivity contribution >= 4 is 28.9 Å². The van der Waals surface area contributed by atoms with E-state index in [2.05, 4.69) is 4.98 Å². The number of nitrogens with zero attached hydrogens (tertiary/aromatic N) is 2. The molecule has 0 spiro atoms. The van der Waals surface area contributed by atoms with E-state index in [0.717, 1.165) is 12.3 Å². The summed E-state index contributed by atoms with van der Waals surface area (Å²) in [5.74, 6) is -0.570. The SMILES string of the molecule is CCOC(=O)/C=C/c1c(C(=O)OCC)n(-c2ccc(OC(C)C)cc2)c2ccc(-c3ccc(C(F)(F)F)cn3)cc12. The van der Waals surface area contributed by atoms with Crippen LogP contribution in [0.4, 0.5) is 13.2 Å². The highest BCUT2D eigenvalue weighted by Gasteiger charge is 2.31. The third kappa shape index (κ3) is 6.59.